The molecule has 1 fully saturated rings. The van der Waals surface area contributed by atoms with Crippen LogP contribution in [0.25, 0.3) is 0 Å². The molecule has 0 amide bonds. The van der Waals surface area contributed by atoms with Crippen molar-refractivity contribution < 1.29 is 4.74 Å². The zero-order chi connectivity index (χ0) is 20.6. The molecule has 0 bridgehead atoms. The van der Waals surface area contributed by atoms with Crippen molar-refractivity contribution in [2.45, 2.75) is 13.2 Å². The van der Waals surface area contributed by atoms with Crippen molar-refractivity contribution in [2.24, 2.45) is 5.10 Å². The Balaban J connectivity index is 1.22. The summed E-state index contributed by atoms with van der Waals surface area (Å²) in [7, 11) is 0. The van der Waals surface area contributed by atoms with E-state index in [1.54, 1.807) is 0 Å². The second-order valence-corrected chi connectivity index (χ2v) is 7.88. The van der Waals surface area contributed by atoms with Crippen LogP contribution in [-0.4, -0.2) is 42.3 Å². The minimum absolute atomic E-state index is 0.578. The minimum atomic E-state index is 0.578. The molecule has 0 radical (unpaired) electrons. The number of benzene rings is 3. The molecule has 154 valence electrons. The van der Waals surface area contributed by atoms with E-state index in [1.807, 2.05) is 60.8 Å². The Morgan fingerprint density at radius 3 is 2.20 bits per heavy atom. The Bertz CT molecular complexity index is 934. The molecular formula is C25H26ClN3O. The molecule has 1 heterocycles. The van der Waals surface area contributed by atoms with Gasteiger partial charge >= 0.3 is 0 Å². The molecule has 0 spiro atoms. The highest BCUT2D eigenvalue weighted by atomic mass is 35.5. The predicted octanol–water partition coefficient (Wildman–Crippen LogP) is 5.07. The first-order chi connectivity index (χ1) is 14.7. The normalized spacial score (nSPS) is 14.9. The summed E-state index contributed by atoms with van der Waals surface area (Å²) in [4.78, 5) is 2.45. The van der Waals surface area contributed by atoms with Crippen LogP contribution in [0.5, 0.6) is 5.75 Å². The first-order valence-electron chi connectivity index (χ1n) is 10.3. The maximum atomic E-state index is 5.97. The van der Waals surface area contributed by atoms with Crippen LogP contribution in [-0.2, 0) is 13.2 Å². The van der Waals surface area contributed by atoms with Crippen LogP contribution in [0.3, 0.4) is 0 Å². The lowest BCUT2D eigenvalue weighted by atomic mass is 10.2. The smallest absolute Gasteiger partial charge is 0.119 e. The number of hydrazone groups is 1. The Kier molecular flexibility index (Phi) is 7.01. The van der Waals surface area contributed by atoms with Gasteiger partial charge in [-0.15, -0.1) is 0 Å². The van der Waals surface area contributed by atoms with Crippen LogP contribution < -0.4 is 4.74 Å². The third kappa shape index (κ3) is 6.09. The van der Waals surface area contributed by atoms with Gasteiger partial charge in [0.1, 0.15) is 12.4 Å². The molecule has 0 unspecified atom stereocenters. The van der Waals surface area contributed by atoms with Crippen LogP contribution >= 0.6 is 11.6 Å². The fourth-order valence-corrected chi connectivity index (χ4v) is 3.52. The molecule has 0 aliphatic carbocycles. The van der Waals surface area contributed by atoms with Crippen LogP contribution in [0.4, 0.5) is 0 Å². The van der Waals surface area contributed by atoms with Crippen molar-refractivity contribution >= 4 is 17.8 Å². The van der Waals surface area contributed by atoms with Crippen LogP contribution in [0, 0.1) is 0 Å². The van der Waals surface area contributed by atoms with Gasteiger partial charge in [0, 0.05) is 37.7 Å². The highest BCUT2D eigenvalue weighted by Crippen LogP contribution is 2.15. The number of rotatable bonds is 7. The highest BCUT2D eigenvalue weighted by Gasteiger charge is 2.15. The van der Waals surface area contributed by atoms with Gasteiger partial charge in [0.05, 0.1) is 6.21 Å². The van der Waals surface area contributed by atoms with Gasteiger partial charge < -0.3 is 4.74 Å². The van der Waals surface area contributed by atoms with E-state index in [0.717, 1.165) is 49.1 Å². The molecule has 3 aromatic carbocycles. The van der Waals surface area contributed by atoms with Crippen LogP contribution in [0.2, 0.25) is 5.02 Å². The van der Waals surface area contributed by atoms with Gasteiger partial charge in [-0.05, 0) is 53.1 Å². The predicted molar refractivity (Wildman–Crippen MR) is 123 cm³/mol. The van der Waals surface area contributed by atoms with E-state index < -0.39 is 0 Å². The molecular weight excluding hydrogens is 394 g/mol. The van der Waals surface area contributed by atoms with Crippen molar-refractivity contribution in [2.75, 3.05) is 26.2 Å². The largest absolute Gasteiger partial charge is 0.489 e. The van der Waals surface area contributed by atoms with E-state index in [4.69, 9.17) is 16.3 Å². The third-order valence-electron chi connectivity index (χ3n) is 5.17. The molecule has 0 atom stereocenters. The summed E-state index contributed by atoms with van der Waals surface area (Å²) in [5.41, 5.74) is 3.54. The summed E-state index contributed by atoms with van der Waals surface area (Å²) in [5.74, 6) is 0.867. The summed E-state index contributed by atoms with van der Waals surface area (Å²) in [6, 6.07) is 26.4. The third-order valence-corrected chi connectivity index (χ3v) is 5.42. The number of halogens is 1. The van der Waals surface area contributed by atoms with Gasteiger partial charge in [-0.2, -0.15) is 5.10 Å². The van der Waals surface area contributed by atoms with Crippen LogP contribution in [0.1, 0.15) is 16.7 Å². The summed E-state index contributed by atoms with van der Waals surface area (Å²) >= 11 is 5.97. The molecule has 0 N–H and O–H groups in total. The average molecular weight is 420 g/mol. The first kappa shape index (κ1) is 20.5. The fraction of sp³-hybridized carbons (Fsp3) is 0.240. The van der Waals surface area contributed by atoms with Crippen molar-refractivity contribution in [3.05, 3.63) is 101 Å². The Morgan fingerprint density at radius 1 is 0.800 bits per heavy atom. The molecule has 30 heavy (non-hydrogen) atoms. The van der Waals surface area contributed by atoms with E-state index in [-0.39, 0.29) is 0 Å². The summed E-state index contributed by atoms with van der Waals surface area (Å²) in [6.45, 7) is 5.41. The van der Waals surface area contributed by atoms with Gasteiger partial charge in [-0.3, -0.25) is 9.91 Å². The quantitative estimate of drug-likeness (QED) is 0.500. The van der Waals surface area contributed by atoms with Gasteiger partial charge in [-0.1, -0.05) is 54.1 Å². The zero-order valence-corrected chi connectivity index (χ0v) is 17.7. The van der Waals surface area contributed by atoms with Crippen LogP contribution in [0.15, 0.2) is 84.0 Å². The van der Waals surface area contributed by atoms with Gasteiger partial charge in [0.25, 0.3) is 0 Å². The van der Waals surface area contributed by atoms with Crippen molar-refractivity contribution in [3.8, 4) is 5.75 Å². The molecule has 4 nitrogen and oxygen atoms in total. The summed E-state index contributed by atoms with van der Waals surface area (Å²) in [6.07, 6.45) is 1.93. The number of ether oxygens (including phenoxy) is 1. The van der Waals surface area contributed by atoms with E-state index in [1.165, 1.54) is 11.1 Å². The molecule has 4 rings (SSSR count). The SMILES string of the molecule is Clc1ccc(CN2CCN(N=Cc3ccc(OCc4ccccc4)cc3)CC2)cc1. The van der Waals surface area contributed by atoms with Gasteiger partial charge in [0.15, 0.2) is 0 Å². The van der Waals surface area contributed by atoms with Gasteiger partial charge in [-0.25, -0.2) is 0 Å². The van der Waals surface area contributed by atoms with Crippen molar-refractivity contribution in [1.29, 1.82) is 0 Å². The fourth-order valence-electron chi connectivity index (χ4n) is 3.40. The second kappa shape index (κ2) is 10.3. The Labute approximate surface area is 183 Å². The van der Waals surface area contributed by atoms with E-state index >= 15 is 0 Å². The lowest BCUT2D eigenvalue weighted by Gasteiger charge is -2.33. The molecule has 1 saturated heterocycles. The maximum Gasteiger partial charge on any atom is 0.119 e. The number of hydrogen-bond acceptors (Lipinski definition) is 4. The lowest BCUT2D eigenvalue weighted by Crippen LogP contribution is -2.43. The number of hydrogen-bond donors (Lipinski definition) is 0. The molecule has 1 aliphatic heterocycles. The Hall–Kier alpha value is -2.82. The second-order valence-electron chi connectivity index (χ2n) is 7.44. The first-order valence-corrected chi connectivity index (χ1v) is 10.6. The maximum absolute atomic E-state index is 5.97. The van der Waals surface area contributed by atoms with E-state index in [2.05, 4.69) is 39.3 Å². The summed E-state index contributed by atoms with van der Waals surface area (Å²) < 4.78 is 5.84. The Morgan fingerprint density at radius 2 is 1.50 bits per heavy atom. The molecule has 5 heteroatoms. The van der Waals surface area contributed by atoms with E-state index in [9.17, 15) is 0 Å². The van der Waals surface area contributed by atoms with Crippen molar-refractivity contribution in [1.82, 2.24) is 9.91 Å². The average Bonchev–Trinajstić information content (AvgIpc) is 2.80. The standard InChI is InChI=1S/C25H26ClN3O/c26-24-10-6-22(7-11-24)19-28-14-16-29(17-15-28)27-18-21-8-12-25(13-9-21)30-20-23-4-2-1-3-5-23/h1-13,18H,14-17,19-20H2. The topological polar surface area (TPSA) is 28.1 Å². The molecule has 1 aliphatic rings. The minimum Gasteiger partial charge on any atom is -0.489 e. The summed E-state index contributed by atoms with van der Waals surface area (Å²) in [5, 5.41) is 7.58. The van der Waals surface area contributed by atoms with E-state index in [0.29, 0.717) is 6.61 Å². The zero-order valence-electron chi connectivity index (χ0n) is 17.0. The monoisotopic (exact) mass is 419 g/mol. The van der Waals surface area contributed by atoms with Crippen molar-refractivity contribution in [3.63, 3.8) is 0 Å². The van der Waals surface area contributed by atoms with Gasteiger partial charge in [0.2, 0.25) is 0 Å². The number of nitrogens with zero attached hydrogens (tertiary/aromatic N) is 3. The number of piperazine rings is 1. The molecule has 0 saturated carbocycles. The highest BCUT2D eigenvalue weighted by molar-refractivity contribution is 6.30. The molecule has 0 aromatic heterocycles. The lowest BCUT2D eigenvalue weighted by molar-refractivity contribution is 0.131. The molecule has 3 aromatic rings.